The van der Waals surface area contributed by atoms with Crippen molar-refractivity contribution < 1.29 is 27.8 Å². The molecule has 0 radical (unpaired) electrons. The van der Waals surface area contributed by atoms with Gasteiger partial charge >= 0.3 is 12.1 Å². The number of rotatable bonds is 5. The molecule has 1 rings (SSSR count). The van der Waals surface area contributed by atoms with Crippen LogP contribution < -0.4 is 0 Å². The van der Waals surface area contributed by atoms with Crippen molar-refractivity contribution in [2.45, 2.75) is 25.3 Å². The highest BCUT2D eigenvalue weighted by atomic mass is 32.1. The summed E-state index contributed by atoms with van der Waals surface area (Å²) in [5, 5.41) is 10.0. The van der Waals surface area contributed by atoms with Crippen LogP contribution in [0.1, 0.15) is 11.3 Å². The Labute approximate surface area is 93.5 Å². The molecule has 7 heteroatoms. The van der Waals surface area contributed by atoms with E-state index in [1.165, 1.54) is 11.3 Å². The zero-order chi connectivity index (χ0) is 12.2. The summed E-state index contributed by atoms with van der Waals surface area (Å²) in [5.41, 5.74) is 0. The van der Waals surface area contributed by atoms with Crippen LogP contribution in [0, 0.1) is 0 Å². The van der Waals surface area contributed by atoms with Crippen LogP contribution in [0.15, 0.2) is 17.5 Å². The lowest BCUT2D eigenvalue weighted by molar-refractivity contribution is -0.227. The first-order valence-electron chi connectivity index (χ1n) is 4.32. The molecule has 0 aromatic carbocycles. The van der Waals surface area contributed by atoms with E-state index in [4.69, 9.17) is 5.11 Å². The summed E-state index contributed by atoms with van der Waals surface area (Å²) in [7, 11) is 0. The Morgan fingerprint density at radius 3 is 2.69 bits per heavy atom. The second-order valence-corrected chi connectivity index (χ2v) is 4.05. The number of alkyl halides is 3. The predicted octanol–water partition coefficient (Wildman–Crippen LogP) is 2.67. The predicted molar refractivity (Wildman–Crippen MR) is 51.2 cm³/mol. The van der Waals surface area contributed by atoms with E-state index < -0.39 is 24.7 Å². The fraction of sp³-hybridized carbons (Fsp3) is 0.444. The highest BCUT2D eigenvalue weighted by Gasteiger charge is 2.42. The van der Waals surface area contributed by atoms with E-state index >= 15 is 0 Å². The van der Waals surface area contributed by atoms with Gasteiger partial charge in [0.05, 0.1) is 13.0 Å². The van der Waals surface area contributed by atoms with Gasteiger partial charge in [-0.1, -0.05) is 6.07 Å². The fourth-order valence-electron chi connectivity index (χ4n) is 1.01. The normalized spacial score (nSPS) is 13.7. The van der Waals surface area contributed by atoms with Crippen molar-refractivity contribution >= 4 is 17.3 Å². The summed E-state index contributed by atoms with van der Waals surface area (Å²) >= 11 is 1.25. The van der Waals surface area contributed by atoms with Crippen molar-refractivity contribution in [2.75, 3.05) is 0 Å². The van der Waals surface area contributed by atoms with Gasteiger partial charge in [-0.05, 0) is 11.4 Å². The molecule has 90 valence electrons. The van der Waals surface area contributed by atoms with Gasteiger partial charge in [-0.3, -0.25) is 4.79 Å². The number of ether oxygens (including phenoxy) is 1. The van der Waals surface area contributed by atoms with Crippen molar-refractivity contribution in [3.63, 3.8) is 0 Å². The van der Waals surface area contributed by atoms with E-state index in [1.807, 2.05) is 0 Å². The number of hydrogen-bond donors (Lipinski definition) is 1. The van der Waals surface area contributed by atoms with Crippen LogP contribution in [0.5, 0.6) is 0 Å². The first kappa shape index (κ1) is 13.0. The molecular weight excluding hydrogens is 245 g/mol. The largest absolute Gasteiger partial charge is 0.481 e. The molecule has 0 bridgehead atoms. The Hall–Kier alpha value is -1.08. The van der Waals surface area contributed by atoms with Crippen LogP contribution in [-0.4, -0.2) is 23.4 Å². The number of halogens is 3. The van der Waals surface area contributed by atoms with Crippen LogP contribution in [0.2, 0.25) is 0 Å². The van der Waals surface area contributed by atoms with Crippen LogP contribution >= 0.6 is 11.3 Å². The standard InChI is InChI=1S/C9H9F3O3S/c10-9(11,12)7(4-8(13)14)15-5-6-2-1-3-16-6/h1-3,7H,4-5H2,(H,13,14). The van der Waals surface area contributed by atoms with Crippen LogP contribution in [0.25, 0.3) is 0 Å². The molecule has 3 nitrogen and oxygen atoms in total. The summed E-state index contributed by atoms with van der Waals surface area (Å²) in [6, 6.07) is 3.31. The zero-order valence-electron chi connectivity index (χ0n) is 8.03. The van der Waals surface area contributed by atoms with E-state index in [0.717, 1.165) is 0 Å². The first-order valence-corrected chi connectivity index (χ1v) is 5.20. The van der Waals surface area contributed by atoms with Gasteiger partial charge in [0.2, 0.25) is 0 Å². The molecule has 0 saturated heterocycles. The summed E-state index contributed by atoms with van der Waals surface area (Å²) < 4.78 is 41.5. The van der Waals surface area contributed by atoms with Gasteiger partial charge in [-0.2, -0.15) is 13.2 Å². The molecule has 0 fully saturated rings. The molecule has 0 aliphatic rings. The maximum Gasteiger partial charge on any atom is 0.415 e. The number of carbonyl (C=O) groups is 1. The monoisotopic (exact) mass is 254 g/mol. The summed E-state index contributed by atoms with van der Waals surface area (Å²) in [5.74, 6) is -1.53. The summed E-state index contributed by atoms with van der Waals surface area (Å²) in [4.78, 5) is 10.9. The highest BCUT2D eigenvalue weighted by molar-refractivity contribution is 7.09. The number of carboxylic acids is 1. The van der Waals surface area contributed by atoms with Gasteiger partial charge in [-0.25, -0.2) is 0 Å². The Kier molecular flexibility index (Phi) is 4.31. The second kappa shape index (κ2) is 5.31. The van der Waals surface area contributed by atoms with Crippen molar-refractivity contribution in [1.82, 2.24) is 0 Å². The van der Waals surface area contributed by atoms with Gasteiger partial charge < -0.3 is 9.84 Å². The van der Waals surface area contributed by atoms with E-state index in [1.54, 1.807) is 17.5 Å². The minimum absolute atomic E-state index is 0.227. The molecule has 1 N–H and O–H groups in total. The third-order valence-electron chi connectivity index (χ3n) is 1.73. The molecule has 0 spiro atoms. The summed E-state index contributed by atoms with van der Waals surface area (Å²) in [6.07, 6.45) is -7.99. The molecule has 0 saturated carbocycles. The maximum atomic E-state index is 12.3. The molecule has 1 atom stereocenters. The Morgan fingerprint density at radius 2 is 2.25 bits per heavy atom. The van der Waals surface area contributed by atoms with E-state index in [-0.39, 0.29) is 6.61 Å². The second-order valence-electron chi connectivity index (χ2n) is 3.02. The molecule has 1 heterocycles. The lowest BCUT2D eigenvalue weighted by Gasteiger charge is -2.18. The van der Waals surface area contributed by atoms with Gasteiger partial charge in [0.25, 0.3) is 0 Å². The van der Waals surface area contributed by atoms with E-state index in [2.05, 4.69) is 4.74 Å². The first-order chi connectivity index (χ1) is 7.39. The molecule has 1 unspecified atom stereocenters. The average Bonchev–Trinajstić information content (AvgIpc) is 2.62. The average molecular weight is 254 g/mol. The smallest absolute Gasteiger partial charge is 0.415 e. The van der Waals surface area contributed by atoms with Crippen LogP contribution in [0.4, 0.5) is 13.2 Å². The summed E-state index contributed by atoms with van der Waals surface area (Å²) in [6.45, 7) is -0.227. The lowest BCUT2D eigenvalue weighted by Crippen LogP contribution is -2.33. The maximum absolute atomic E-state index is 12.3. The van der Waals surface area contributed by atoms with Crippen molar-refractivity contribution in [1.29, 1.82) is 0 Å². The third-order valence-corrected chi connectivity index (χ3v) is 2.58. The Bertz CT molecular complexity index is 334. The molecule has 0 aliphatic heterocycles. The van der Waals surface area contributed by atoms with Crippen molar-refractivity contribution in [2.24, 2.45) is 0 Å². The lowest BCUT2D eigenvalue weighted by atomic mass is 10.2. The van der Waals surface area contributed by atoms with Gasteiger partial charge in [-0.15, -0.1) is 11.3 Å². The van der Waals surface area contributed by atoms with Crippen molar-refractivity contribution in [3.05, 3.63) is 22.4 Å². The van der Waals surface area contributed by atoms with Gasteiger partial charge in [0.1, 0.15) is 0 Å². The zero-order valence-corrected chi connectivity index (χ0v) is 8.85. The Morgan fingerprint density at radius 1 is 1.56 bits per heavy atom. The minimum Gasteiger partial charge on any atom is -0.481 e. The number of carboxylic acid groups (broad SMARTS) is 1. The van der Waals surface area contributed by atoms with Gasteiger partial charge in [0.15, 0.2) is 6.10 Å². The van der Waals surface area contributed by atoms with Crippen LogP contribution in [0.3, 0.4) is 0 Å². The molecule has 0 aliphatic carbocycles. The number of hydrogen-bond acceptors (Lipinski definition) is 3. The molecule has 0 amide bonds. The number of thiophene rings is 1. The topological polar surface area (TPSA) is 46.5 Å². The van der Waals surface area contributed by atoms with Crippen LogP contribution in [-0.2, 0) is 16.1 Å². The molecule has 1 aromatic rings. The minimum atomic E-state index is -4.66. The molecular formula is C9H9F3O3S. The SMILES string of the molecule is O=C(O)CC(OCc1cccs1)C(F)(F)F. The van der Waals surface area contributed by atoms with Crippen molar-refractivity contribution in [3.8, 4) is 0 Å². The fourth-order valence-corrected chi connectivity index (χ4v) is 1.63. The van der Waals surface area contributed by atoms with Gasteiger partial charge in [0, 0.05) is 4.88 Å². The highest BCUT2D eigenvalue weighted by Crippen LogP contribution is 2.26. The molecule has 1 aromatic heterocycles. The Balaban J connectivity index is 2.54. The number of aliphatic carboxylic acids is 1. The van der Waals surface area contributed by atoms with E-state index in [9.17, 15) is 18.0 Å². The molecule has 16 heavy (non-hydrogen) atoms. The quantitative estimate of drug-likeness (QED) is 0.878. The van der Waals surface area contributed by atoms with E-state index in [0.29, 0.717) is 4.88 Å². The third kappa shape index (κ3) is 4.19.